The van der Waals surface area contributed by atoms with E-state index >= 15 is 0 Å². The van der Waals surface area contributed by atoms with Gasteiger partial charge in [0.25, 0.3) is 0 Å². The molecule has 0 amide bonds. The molecule has 0 saturated carbocycles. The molecule has 0 bridgehead atoms. The van der Waals surface area contributed by atoms with Gasteiger partial charge in [0, 0.05) is 12.0 Å². The van der Waals surface area contributed by atoms with Crippen LogP contribution in [0.5, 0.6) is 5.75 Å². The number of para-hydroxylation sites is 1. The molecule has 1 aromatic rings. The molecule has 5 heteroatoms. The molecule has 0 fully saturated rings. The van der Waals surface area contributed by atoms with E-state index in [0.717, 1.165) is 5.56 Å². The first-order valence-corrected chi connectivity index (χ1v) is 4.81. The molecule has 1 aliphatic heterocycles. The van der Waals surface area contributed by atoms with Crippen LogP contribution in [-0.4, -0.2) is 23.9 Å². The second-order valence-corrected chi connectivity index (χ2v) is 3.38. The molecule has 0 aromatic heterocycles. The third-order valence-corrected chi connectivity index (χ3v) is 2.40. The maximum absolute atomic E-state index is 10.7. The van der Waals surface area contributed by atoms with Gasteiger partial charge in [0.1, 0.15) is 5.75 Å². The summed E-state index contributed by atoms with van der Waals surface area (Å²) in [7, 11) is 1.56. The Balaban J connectivity index is 2.19. The quantitative estimate of drug-likeness (QED) is 0.841. The Morgan fingerprint density at radius 2 is 2.31 bits per heavy atom. The van der Waals surface area contributed by atoms with Gasteiger partial charge in [-0.3, -0.25) is 0 Å². The van der Waals surface area contributed by atoms with Crippen LogP contribution in [0.15, 0.2) is 29.4 Å². The van der Waals surface area contributed by atoms with E-state index in [9.17, 15) is 4.79 Å². The molecule has 0 aliphatic carbocycles. The summed E-state index contributed by atoms with van der Waals surface area (Å²) in [6.07, 6.45) is -0.113. The van der Waals surface area contributed by atoms with Gasteiger partial charge in [-0.05, 0) is 6.07 Å². The van der Waals surface area contributed by atoms with Crippen molar-refractivity contribution in [3.63, 3.8) is 0 Å². The fraction of sp³-hybridized carbons (Fsp3) is 0.273. The summed E-state index contributed by atoms with van der Waals surface area (Å²) >= 11 is 0. The van der Waals surface area contributed by atoms with Crippen LogP contribution in [0, 0.1) is 0 Å². The lowest BCUT2D eigenvalue weighted by Gasteiger charge is -2.12. The first-order chi connectivity index (χ1) is 7.72. The fourth-order valence-electron chi connectivity index (χ4n) is 1.60. The van der Waals surface area contributed by atoms with Crippen molar-refractivity contribution in [2.75, 3.05) is 7.11 Å². The molecule has 1 atom stereocenters. The summed E-state index contributed by atoms with van der Waals surface area (Å²) < 4.78 is 5.18. The molecular formula is C11H11NO4. The molecule has 1 aromatic carbocycles. The van der Waals surface area contributed by atoms with Crippen LogP contribution >= 0.6 is 0 Å². The van der Waals surface area contributed by atoms with Crippen LogP contribution in [0.2, 0.25) is 0 Å². The number of aliphatic carboxylic acids is 1. The van der Waals surface area contributed by atoms with Crippen molar-refractivity contribution >= 4 is 11.7 Å². The SMILES string of the molecule is COc1ccccc1C1CC(C(=O)O)=NO1. The average Bonchev–Trinajstić information content (AvgIpc) is 2.78. The van der Waals surface area contributed by atoms with E-state index in [2.05, 4.69) is 5.16 Å². The van der Waals surface area contributed by atoms with Crippen molar-refractivity contribution in [2.45, 2.75) is 12.5 Å². The van der Waals surface area contributed by atoms with Gasteiger partial charge in [0.2, 0.25) is 0 Å². The lowest BCUT2D eigenvalue weighted by atomic mass is 10.0. The summed E-state index contributed by atoms with van der Waals surface area (Å²) in [5.74, 6) is -0.369. The van der Waals surface area contributed by atoms with Gasteiger partial charge in [-0.15, -0.1) is 0 Å². The highest BCUT2D eigenvalue weighted by Gasteiger charge is 2.28. The van der Waals surface area contributed by atoms with Crippen molar-refractivity contribution in [3.8, 4) is 5.75 Å². The van der Waals surface area contributed by atoms with Crippen molar-refractivity contribution in [2.24, 2.45) is 5.16 Å². The van der Waals surface area contributed by atoms with Gasteiger partial charge < -0.3 is 14.7 Å². The Bertz CT molecular complexity index is 441. The zero-order valence-corrected chi connectivity index (χ0v) is 8.71. The van der Waals surface area contributed by atoms with Gasteiger partial charge in [-0.1, -0.05) is 23.4 Å². The topological polar surface area (TPSA) is 68.1 Å². The number of carbonyl (C=O) groups is 1. The van der Waals surface area contributed by atoms with E-state index in [1.807, 2.05) is 18.2 Å². The maximum atomic E-state index is 10.7. The summed E-state index contributed by atoms with van der Waals surface area (Å²) in [5.41, 5.74) is 0.848. The number of methoxy groups -OCH3 is 1. The molecule has 0 radical (unpaired) electrons. The number of hydrogen-bond donors (Lipinski definition) is 1. The summed E-state index contributed by atoms with van der Waals surface area (Å²) in [4.78, 5) is 15.8. The van der Waals surface area contributed by atoms with Crippen molar-refractivity contribution in [1.29, 1.82) is 0 Å². The van der Waals surface area contributed by atoms with E-state index < -0.39 is 5.97 Å². The molecule has 84 valence electrons. The number of benzene rings is 1. The van der Waals surface area contributed by atoms with Crippen LogP contribution in [0.25, 0.3) is 0 Å². The number of nitrogens with zero attached hydrogens (tertiary/aromatic N) is 1. The number of carboxylic acids is 1. The Kier molecular flexibility index (Phi) is 2.76. The predicted octanol–water partition coefficient (Wildman–Crippen LogP) is 1.60. The van der Waals surface area contributed by atoms with Crippen LogP contribution in [0.4, 0.5) is 0 Å². The van der Waals surface area contributed by atoms with E-state index in [4.69, 9.17) is 14.7 Å². The zero-order valence-electron chi connectivity index (χ0n) is 8.71. The van der Waals surface area contributed by atoms with Gasteiger partial charge in [0.05, 0.1) is 7.11 Å². The minimum atomic E-state index is -1.04. The summed E-state index contributed by atoms with van der Waals surface area (Å²) in [5, 5.41) is 12.3. The maximum Gasteiger partial charge on any atom is 0.353 e. The second kappa shape index (κ2) is 4.22. The minimum Gasteiger partial charge on any atom is -0.496 e. The number of ether oxygens (including phenoxy) is 1. The molecule has 1 aliphatic rings. The minimum absolute atomic E-state index is 0.0379. The highest BCUT2D eigenvalue weighted by atomic mass is 16.6. The summed E-state index contributed by atoms with van der Waals surface area (Å²) in [6.45, 7) is 0. The van der Waals surface area contributed by atoms with Crippen molar-refractivity contribution < 1.29 is 19.5 Å². The van der Waals surface area contributed by atoms with Crippen molar-refractivity contribution in [3.05, 3.63) is 29.8 Å². The number of oxime groups is 1. The number of hydrogen-bond acceptors (Lipinski definition) is 4. The average molecular weight is 221 g/mol. The van der Waals surface area contributed by atoms with Gasteiger partial charge in [-0.2, -0.15) is 0 Å². The lowest BCUT2D eigenvalue weighted by molar-refractivity contribution is -0.129. The molecule has 5 nitrogen and oxygen atoms in total. The Morgan fingerprint density at radius 1 is 1.56 bits per heavy atom. The standard InChI is InChI=1S/C11H11NO4/c1-15-9-5-3-2-4-7(9)10-6-8(11(13)14)12-16-10/h2-5,10H,6H2,1H3,(H,13,14). The van der Waals surface area contributed by atoms with E-state index in [1.165, 1.54) is 0 Å². The summed E-state index contributed by atoms with van der Waals surface area (Å²) in [6, 6.07) is 7.33. The van der Waals surface area contributed by atoms with Crippen LogP contribution in [0.3, 0.4) is 0 Å². The van der Waals surface area contributed by atoms with Crippen LogP contribution < -0.4 is 4.74 Å². The largest absolute Gasteiger partial charge is 0.496 e. The van der Waals surface area contributed by atoms with E-state index in [-0.39, 0.29) is 18.2 Å². The van der Waals surface area contributed by atoms with Crippen LogP contribution in [-0.2, 0) is 9.63 Å². The molecule has 1 N–H and O–H groups in total. The fourth-order valence-corrected chi connectivity index (χ4v) is 1.60. The van der Waals surface area contributed by atoms with Gasteiger partial charge >= 0.3 is 5.97 Å². The number of carboxylic acid groups (broad SMARTS) is 1. The Hall–Kier alpha value is -2.04. The Morgan fingerprint density at radius 3 is 2.94 bits per heavy atom. The molecule has 2 rings (SSSR count). The molecule has 1 heterocycles. The third kappa shape index (κ3) is 1.84. The van der Waals surface area contributed by atoms with Crippen LogP contribution in [0.1, 0.15) is 18.1 Å². The molecule has 1 unspecified atom stereocenters. The third-order valence-electron chi connectivity index (χ3n) is 2.40. The second-order valence-electron chi connectivity index (χ2n) is 3.38. The smallest absolute Gasteiger partial charge is 0.353 e. The van der Waals surface area contributed by atoms with Gasteiger partial charge in [0.15, 0.2) is 11.8 Å². The van der Waals surface area contributed by atoms with E-state index in [1.54, 1.807) is 13.2 Å². The highest BCUT2D eigenvalue weighted by Crippen LogP contribution is 2.33. The zero-order chi connectivity index (χ0) is 11.5. The first-order valence-electron chi connectivity index (χ1n) is 4.81. The monoisotopic (exact) mass is 221 g/mol. The lowest BCUT2D eigenvalue weighted by Crippen LogP contribution is -2.11. The molecule has 0 spiro atoms. The highest BCUT2D eigenvalue weighted by molar-refractivity contribution is 6.35. The normalized spacial score (nSPS) is 18.8. The molecule has 16 heavy (non-hydrogen) atoms. The molecule has 0 saturated heterocycles. The van der Waals surface area contributed by atoms with Gasteiger partial charge in [-0.25, -0.2) is 4.79 Å². The first kappa shape index (κ1) is 10.5. The Labute approximate surface area is 92.3 Å². The molecular weight excluding hydrogens is 210 g/mol. The van der Waals surface area contributed by atoms with E-state index in [0.29, 0.717) is 5.75 Å². The predicted molar refractivity (Wildman–Crippen MR) is 56.5 cm³/mol. The number of rotatable bonds is 3. The van der Waals surface area contributed by atoms with Crippen molar-refractivity contribution in [1.82, 2.24) is 0 Å².